The van der Waals surface area contributed by atoms with E-state index in [1.165, 1.54) is 23.4 Å². The van der Waals surface area contributed by atoms with Crippen LogP contribution in [0.3, 0.4) is 0 Å². The molecule has 1 aliphatic rings. The van der Waals surface area contributed by atoms with E-state index in [0.717, 1.165) is 16.8 Å². The summed E-state index contributed by atoms with van der Waals surface area (Å²) >= 11 is 0. The molecule has 1 unspecified atom stereocenters. The van der Waals surface area contributed by atoms with Crippen molar-refractivity contribution in [2.75, 3.05) is 18.0 Å². The highest BCUT2D eigenvalue weighted by molar-refractivity contribution is 5.77. The predicted octanol–water partition coefficient (Wildman–Crippen LogP) is 2.15. The van der Waals surface area contributed by atoms with Crippen molar-refractivity contribution in [1.29, 1.82) is 0 Å². The van der Waals surface area contributed by atoms with Crippen molar-refractivity contribution >= 4 is 17.4 Å². The maximum absolute atomic E-state index is 14.1. The largest absolute Gasteiger partial charge is 0.434 e. The summed E-state index contributed by atoms with van der Waals surface area (Å²) in [4.78, 5) is 28.2. The smallest absolute Gasteiger partial charge is 0.369 e. The molecule has 4 heterocycles. The van der Waals surface area contributed by atoms with Gasteiger partial charge in [-0.3, -0.25) is 9.20 Å². The molecule has 2 N–H and O–H groups in total. The normalized spacial score (nSPS) is 19.2. The highest BCUT2D eigenvalue weighted by Crippen LogP contribution is 2.33. The van der Waals surface area contributed by atoms with E-state index in [4.69, 9.17) is 5.73 Å². The maximum Gasteiger partial charge on any atom is 0.434 e. The van der Waals surface area contributed by atoms with Gasteiger partial charge in [-0.25, -0.2) is 28.7 Å². The first-order valence-corrected chi connectivity index (χ1v) is 8.69. The fourth-order valence-electron chi connectivity index (χ4n) is 3.31. The van der Waals surface area contributed by atoms with Crippen LogP contribution in [-0.2, 0) is 11.0 Å². The SMILES string of the molecule is NC(=O)C1CN(c2ccnc(-c3cnc4cnc(C(F)(F)F)cn34)n2)CC(F)(F)C1. The van der Waals surface area contributed by atoms with Crippen LogP contribution in [0.1, 0.15) is 12.1 Å². The Balaban J connectivity index is 1.73. The number of nitrogens with zero attached hydrogens (tertiary/aromatic N) is 6. The number of carbonyl (C=O) groups excluding carboxylic acids is 1. The van der Waals surface area contributed by atoms with Crippen LogP contribution >= 0.6 is 0 Å². The van der Waals surface area contributed by atoms with Gasteiger partial charge in [-0.05, 0) is 6.07 Å². The molecule has 3 aromatic rings. The lowest BCUT2D eigenvalue weighted by atomic mass is 9.94. The summed E-state index contributed by atoms with van der Waals surface area (Å²) in [5, 5.41) is 0. The van der Waals surface area contributed by atoms with Gasteiger partial charge in [0.15, 0.2) is 17.2 Å². The maximum atomic E-state index is 14.1. The molecule has 1 amide bonds. The molecular weight excluding hydrogens is 413 g/mol. The van der Waals surface area contributed by atoms with Crippen molar-refractivity contribution in [1.82, 2.24) is 24.3 Å². The third-order valence-electron chi connectivity index (χ3n) is 4.69. The number of halogens is 5. The number of anilines is 1. The number of fused-ring (bicyclic) bond motifs is 1. The first kappa shape index (κ1) is 19.9. The number of alkyl halides is 5. The van der Waals surface area contributed by atoms with Gasteiger partial charge >= 0.3 is 6.18 Å². The molecule has 0 spiro atoms. The Morgan fingerprint density at radius 1 is 1.20 bits per heavy atom. The molecule has 0 radical (unpaired) electrons. The van der Waals surface area contributed by atoms with Crippen LogP contribution in [0.2, 0.25) is 0 Å². The van der Waals surface area contributed by atoms with E-state index in [9.17, 15) is 26.7 Å². The third kappa shape index (κ3) is 3.74. The molecule has 0 saturated carbocycles. The highest BCUT2D eigenvalue weighted by atomic mass is 19.4. The zero-order valence-corrected chi connectivity index (χ0v) is 15.1. The molecule has 1 fully saturated rings. The zero-order valence-electron chi connectivity index (χ0n) is 15.1. The number of amides is 1. The fraction of sp³-hybridized carbons (Fsp3) is 0.353. The summed E-state index contributed by atoms with van der Waals surface area (Å²) in [5.74, 6) is -5.00. The average molecular weight is 427 g/mol. The first-order valence-electron chi connectivity index (χ1n) is 8.69. The van der Waals surface area contributed by atoms with E-state index in [1.807, 2.05) is 0 Å². The Kier molecular flexibility index (Phi) is 4.55. The molecule has 0 bridgehead atoms. The summed E-state index contributed by atoms with van der Waals surface area (Å²) in [7, 11) is 0. The average Bonchev–Trinajstić information content (AvgIpc) is 3.09. The molecule has 0 aromatic carbocycles. The first-order chi connectivity index (χ1) is 14.0. The van der Waals surface area contributed by atoms with E-state index in [0.29, 0.717) is 0 Å². The molecule has 1 saturated heterocycles. The molecule has 1 atom stereocenters. The van der Waals surface area contributed by atoms with E-state index in [1.54, 1.807) is 0 Å². The molecule has 30 heavy (non-hydrogen) atoms. The molecule has 4 rings (SSSR count). The molecule has 158 valence electrons. The molecule has 0 aliphatic carbocycles. The number of nitrogens with two attached hydrogens (primary N) is 1. The summed E-state index contributed by atoms with van der Waals surface area (Å²) in [6.45, 7) is -0.737. The van der Waals surface area contributed by atoms with E-state index >= 15 is 0 Å². The highest BCUT2D eigenvalue weighted by Gasteiger charge is 2.43. The number of hydrogen-bond donors (Lipinski definition) is 1. The second kappa shape index (κ2) is 6.85. The minimum atomic E-state index is -4.67. The predicted molar refractivity (Wildman–Crippen MR) is 93.5 cm³/mol. The fourth-order valence-corrected chi connectivity index (χ4v) is 3.31. The number of imidazole rings is 1. The van der Waals surface area contributed by atoms with Gasteiger partial charge in [-0.2, -0.15) is 13.2 Å². The summed E-state index contributed by atoms with van der Waals surface area (Å²) in [5.41, 5.74) is 4.32. The van der Waals surface area contributed by atoms with Gasteiger partial charge in [0, 0.05) is 25.4 Å². The minimum absolute atomic E-state index is 0.0242. The van der Waals surface area contributed by atoms with Gasteiger partial charge in [0.25, 0.3) is 5.92 Å². The quantitative estimate of drug-likeness (QED) is 0.643. The lowest BCUT2D eigenvalue weighted by molar-refractivity contribution is -0.141. The van der Waals surface area contributed by atoms with Crippen molar-refractivity contribution in [2.24, 2.45) is 11.7 Å². The standard InChI is InChI=1S/C17H14F5N7O/c18-16(19)3-9(14(23)30)6-28(8-16)12-1-2-24-15(27-12)10-4-26-13-5-25-11(7-29(10)13)17(20,21)22/h1-2,4-5,7,9H,3,6,8H2,(H2,23,30). The number of piperidine rings is 1. The third-order valence-corrected chi connectivity index (χ3v) is 4.69. The number of hydrogen-bond acceptors (Lipinski definition) is 6. The van der Waals surface area contributed by atoms with Crippen LogP contribution in [0.4, 0.5) is 27.8 Å². The van der Waals surface area contributed by atoms with Gasteiger partial charge in [0.2, 0.25) is 5.91 Å². The lowest BCUT2D eigenvalue weighted by Crippen LogP contribution is -2.50. The van der Waals surface area contributed by atoms with Gasteiger partial charge in [-0.1, -0.05) is 0 Å². The summed E-state index contributed by atoms with van der Waals surface area (Å²) in [6.07, 6.45) is -1.06. The monoisotopic (exact) mass is 427 g/mol. The van der Waals surface area contributed by atoms with E-state index < -0.39 is 42.6 Å². The van der Waals surface area contributed by atoms with Gasteiger partial charge < -0.3 is 10.6 Å². The van der Waals surface area contributed by atoms with Gasteiger partial charge in [-0.15, -0.1) is 0 Å². The molecule has 8 nitrogen and oxygen atoms in total. The van der Waals surface area contributed by atoms with E-state index in [-0.39, 0.29) is 29.5 Å². The Bertz CT molecular complexity index is 1110. The van der Waals surface area contributed by atoms with Crippen LogP contribution in [-0.4, -0.2) is 49.3 Å². The molecule has 1 aliphatic heterocycles. The summed E-state index contributed by atoms with van der Waals surface area (Å²) < 4.78 is 68.2. The van der Waals surface area contributed by atoms with Crippen molar-refractivity contribution in [3.8, 4) is 11.5 Å². The Morgan fingerprint density at radius 2 is 1.97 bits per heavy atom. The number of primary amides is 1. The van der Waals surface area contributed by atoms with Crippen LogP contribution in [0.15, 0.2) is 30.9 Å². The number of rotatable bonds is 3. The Hall–Kier alpha value is -3.38. The number of aromatic nitrogens is 5. The van der Waals surface area contributed by atoms with Crippen molar-refractivity contribution < 1.29 is 26.7 Å². The Labute approximate surface area is 165 Å². The van der Waals surface area contributed by atoms with Crippen molar-refractivity contribution in [2.45, 2.75) is 18.5 Å². The van der Waals surface area contributed by atoms with Crippen molar-refractivity contribution in [3.63, 3.8) is 0 Å². The van der Waals surface area contributed by atoms with Crippen LogP contribution in [0.5, 0.6) is 0 Å². The van der Waals surface area contributed by atoms with Crippen molar-refractivity contribution in [3.05, 3.63) is 36.5 Å². The second-order valence-corrected chi connectivity index (χ2v) is 6.92. The van der Waals surface area contributed by atoms with Crippen LogP contribution in [0.25, 0.3) is 17.2 Å². The lowest BCUT2D eigenvalue weighted by Gasteiger charge is -2.37. The minimum Gasteiger partial charge on any atom is -0.369 e. The molecular formula is C17H14F5N7O. The van der Waals surface area contributed by atoms with Gasteiger partial charge in [0.1, 0.15) is 11.5 Å². The zero-order chi connectivity index (χ0) is 21.7. The van der Waals surface area contributed by atoms with Gasteiger partial charge in [0.05, 0.1) is 24.9 Å². The molecule has 13 heteroatoms. The number of carbonyl (C=O) groups is 1. The molecule has 3 aromatic heterocycles. The Morgan fingerprint density at radius 3 is 2.67 bits per heavy atom. The van der Waals surface area contributed by atoms with E-state index in [2.05, 4.69) is 19.9 Å². The van der Waals surface area contributed by atoms with Crippen LogP contribution in [0, 0.1) is 5.92 Å². The topological polar surface area (TPSA) is 102 Å². The summed E-state index contributed by atoms with van der Waals surface area (Å²) in [6, 6.07) is 1.37. The second-order valence-electron chi connectivity index (χ2n) is 6.92. The van der Waals surface area contributed by atoms with Crippen LogP contribution < -0.4 is 10.6 Å².